The molecule has 140 valence electrons. The molecule has 5 nitrogen and oxygen atoms in total. The smallest absolute Gasteiger partial charge is 0.144 e. The normalized spacial score (nSPS) is 20.1. The van der Waals surface area contributed by atoms with Crippen molar-refractivity contribution >= 4 is 0 Å². The standard InChI is InChI=1S/C22H26N4O/c1-27-22-10-6-5-9-21(22)26-19(11-12-24-26)15-25-14-18(13-23)20(16-25)17-7-3-2-4-8-17/h2-12,18,20H,13-16,23H2,1H3/t18-,20+/m1/s1. The van der Waals surface area contributed by atoms with Crippen molar-refractivity contribution in [1.29, 1.82) is 0 Å². The molecule has 0 spiro atoms. The first-order valence-electron chi connectivity index (χ1n) is 9.44. The second kappa shape index (κ2) is 7.94. The Morgan fingerprint density at radius 1 is 1.04 bits per heavy atom. The predicted molar refractivity (Wildman–Crippen MR) is 107 cm³/mol. The summed E-state index contributed by atoms with van der Waals surface area (Å²) in [4.78, 5) is 2.48. The summed E-state index contributed by atoms with van der Waals surface area (Å²) in [5, 5.41) is 4.54. The van der Waals surface area contributed by atoms with Gasteiger partial charge in [0.05, 0.1) is 12.8 Å². The second-order valence-electron chi connectivity index (χ2n) is 7.11. The van der Waals surface area contributed by atoms with Gasteiger partial charge in [0.1, 0.15) is 11.4 Å². The molecule has 1 fully saturated rings. The molecule has 2 aromatic carbocycles. The SMILES string of the molecule is COc1ccccc1-n1nccc1CN1C[C@@H](CN)[C@H](c2ccccc2)C1. The van der Waals surface area contributed by atoms with E-state index >= 15 is 0 Å². The Labute approximate surface area is 160 Å². The highest BCUT2D eigenvalue weighted by molar-refractivity contribution is 5.46. The van der Waals surface area contributed by atoms with E-state index in [4.69, 9.17) is 10.5 Å². The fourth-order valence-corrected chi connectivity index (χ4v) is 4.11. The lowest BCUT2D eigenvalue weighted by molar-refractivity contribution is 0.309. The molecule has 1 aromatic heterocycles. The molecule has 1 aliphatic rings. The van der Waals surface area contributed by atoms with Crippen LogP contribution < -0.4 is 10.5 Å². The average Bonchev–Trinajstić information content (AvgIpc) is 3.35. The minimum absolute atomic E-state index is 0.482. The molecule has 5 heteroatoms. The van der Waals surface area contributed by atoms with Crippen LogP contribution >= 0.6 is 0 Å². The van der Waals surface area contributed by atoms with Crippen LogP contribution in [0.15, 0.2) is 66.9 Å². The van der Waals surface area contributed by atoms with Crippen molar-refractivity contribution in [3.8, 4) is 11.4 Å². The van der Waals surface area contributed by atoms with E-state index < -0.39 is 0 Å². The van der Waals surface area contributed by atoms with Crippen LogP contribution in [-0.2, 0) is 6.54 Å². The number of benzene rings is 2. The third-order valence-electron chi connectivity index (χ3n) is 5.47. The van der Waals surface area contributed by atoms with Gasteiger partial charge in [-0.25, -0.2) is 4.68 Å². The van der Waals surface area contributed by atoms with Gasteiger partial charge in [-0.15, -0.1) is 0 Å². The number of aromatic nitrogens is 2. The van der Waals surface area contributed by atoms with Crippen LogP contribution in [-0.4, -0.2) is 41.4 Å². The van der Waals surface area contributed by atoms with Crippen LogP contribution in [0, 0.1) is 5.92 Å². The third kappa shape index (κ3) is 3.61. The van der Waals surface area contributed by atoms with Gasteiger partial charge in [-0.3, -0.25) is 4.90 Å². The molecule has 0 unspecified atom stereocenters. The number of methoxy groups -OCH3 is 1. The highest BCUT2D eigenvalue weighted by atomic mass is 16.5. The molecule has 27 heavy (non-hydrogen) atoms. The summed E-state index contributed by atoms with van der Waals surface area (Å²) in [5.74, 6) is 1.79. The first kappa shape index (κ1) is 17.8. The number of likely N-dealkylation sites (tertiary alicyclic amines) is 1. The summed E-state index contributed by atoms with van der Waals surface area (Å²) in [6.45, 7) is 3.58. The first-order valence-corrected chi connectivity index (χ1v) is 9.44. The largest absolute Gasteiger partial charge is 0.494 e. The van der Waals surface area contributed by atoms with Crippen molar-refractivity contribution in [3.63, 3.8) is 0 Å². The zero-order chi connectivity index (χ0) is 18.6. The summed E-state index contributed by atoms with van der Waals surface area (Å²) in [6.07, 6.45) is 1.85. The molecular weight excluding hydrogens is 336 g/mol. The molecule has 0 bridgehead atoms. The fourth-order valence-electron chi connectivity index (χ4n) is 4.11. The number of nitrogens with two attached hydrogens (primary N) is 1. The molecule has 2 heterocycles. The predicted octanol–water partition coefficient (Wildman–Crippen LogP) is 3.06. The Balaban J connectivity index is 1.55. The maximum absolute atomic E-state index is 6.10. The number of hydrogen-bond acceptors (Lipinski definition) is 4. The van der Waals surface area contributed by atoms with Crippen molar-refractivity contribution in [2.45, 2.75) is 12.5 Å². The van der Waals surface area contributed by atoms with E-state index in [1.807, 2.05) is 35.1 Å². The summed E-state index contributed by atoms with van der Waals surface area (Å²) in [5.41, 5.74) is 9.60. The van der Waals surface area contributed by atoms with Gasteiger partial charge in [0, 0.05) is 31.7 Å². The van der Waals surface area contributed by atoms with Crippen molar-refractivity contribution < 1.29 is 4.74 Å². The Bertz CT molecular complexity index is 877. The molecule has 0 radical (unpaired) electrons. The van der Waals surface area contributed by atoms with Crippen molar-refractivity contribution in [1.82, 2.24) is 14.7 Å². The molecular formula is C22H26N4O. The minimum atomic E-state index is 0.482. The summed E-state index contributed by atoms with van der Waals surface area (Å²) >= 11 is 0. The van der Waals surface area contributed by atoms with Crippen LogP contribution in [0.1, 0.15) is 17.2 Å². The Morgan fingerprint density at radius 2 is 1.81 bits per heavy atom. The average molecular weight is 362 g/mol. The van der Waals surface area contributed by atoms with E-state index in [1.165, 1.54) is 5.56 Å². The lowest BCUT2D eigenvalue weighted by atomic mass is 9.89. The molecule has 0 amide bonds. The van der Waals surface area contributed by atoms with Crippen LogP contribution in [0.2, 0.25) is 0 Å². The maximum Gasteiger partial charge on any atom is 0.144 e. The Hall–Kier alpha value is -2.63. The van der Waals surface area contributed by atoms with Gasteiger partial charge in [-0.05, 0) is 36.2 Å². The quantitative estimate of drug-likeness (QED) is 0.732. The molecule has 2 atom stereocenters. The van der Waals surface area contributed by atoms with Gasteiger partial charge in [0.25, 0.3) is 0 Å². The molecule has 0 aliphatic carbocycles. The zero-order valence-electron chi connectivity index (χ0n) is 15.7. The van der Waals surface area contributed by atoms with Gasteiger partial charge < -0.3 is 10.5 Å². The monoisotopic (exact) mass is 362 g/mol. The van der Waals surface area contributed by atoms with Crippen molar-refractivity contribution in [2.75, 3.05) is 26.7 Å². The molecule has 1 saturated heterocycles. The number of hydrogen-bond donors (Lipinski definition) is 1. The van der Waals surface area contributed by atoms with Gasteiger partial charge in [0.2, 0.25) is 0 Å². The molecule has 4 rings (SSSR count). The summed E-state index contributed by atoms with van der Waals surface area (Å²) in [7, 11) is 1.69. The molecule has 2 N–H and O–H groups in total. The lowest BCUT2D eigenvalue weighted by Gasteiger charge is -2.18. The number of nitrogens with zero attached hydrogens (tertiary/aromatic N) is 3. The van der Waals surface area contributed by atoms with Crippen LogP contribution in [0.4, 0.5) is 0 Å². The second-order valence-corrected chi connectivity index (χ2v) is 7.11. The summed E-state index contributed by atoms with van der Waals surface area (Å²) in [6, 6.07) is 20.8. The van der Waals surface area contributed by atoms with Crippen molar-refractivity contribution in [2.24, 2.45) is 11.7 Å². The lowest BCUT2D eigenvalue weighted by Crippen LogP contribution is -2.24. The van der Waals surface area contributed by atoms with E-state index in [9.17, 15) is 0 Å². The van der Waals surface area contributed by atoms with Gasteiger partial charge in [0.15, 0.2) is 0 Å². The highest BCUT2D eigenvalue weighted by Gasteiger charge is 2.33. The van der Waals surface area contributed by atoms with Crippen LogP contribution in [0.3, 0.4) is 0 Å². The fraction of sp³-hybridized carbons (Fsp3) is 0.318. The van der Waals surface area contributed by atoms with Gasteiger partial charge in [-0.1, -0.05) is 42.5 Å². The summed E-state index contributed by atoms with van der Waals surface area (Å²) < 4.78 is 7.49. The Morgan fingerprint density at radius 3 is 2.59 bits per heavy atom. The zero-order valence-corrected chi connectivity index (χ0v) is 15.7. The van der Waals surface area contributed by atoms with E-state index in [0.29, 0.717) is 18.4 Å². The van der Waals surface area contributed by atoms with Crippen LogP contribution in [0.25, 0.3) is 5.69 Å². The Kier molecular flexibility index (Phi) is 5.23. The highest BCUT2D eigenvalue weighted by Crippen LogP contribution is 2.33. The number of para-hydroxylation sites is 2. The molecule has 0 saturated carbocycles. The van der Waals surface area contributed by atoms with E-state index in [2.05, 4.69) is 46.4 Å². The third-order valence-corrected chi connectivity index (χ3v) is 5.47. The van der Waals surface area contributed by atoms with E-state index in [0.717, 1.165) is 36.8 Å². The van der Waals surface area contributed by atoms with E-state index in [1.54, 1.807) is 7.11 Å². The van der Waals surface area contributed by atoms with Crippen molar-refractivity contribution in [3.05, 3.63) is 78.1 Å². The molecule has 1 aliphatic heterocycles. The first-order chi connectivity index (χ1) is 13.3. The van der Waals surface area contributed by atoms with Crippen LogP contribution in [0.5, 0.6) is 5.75 Å². The van der Waals surface area contributed by atoms with E-state index in [-0.39, 0.29) is 0 Å². The maximum atomic E-state index is 6.10. The van der Waals surface area contributed by atoms with Gasteiger partial charge in [-0.2, -0.15) is 5.10 Å². The number of rotatable bonds is 6. The van der Waals surface area contributed by atoms with Gasteiger partial charge >= 0.3 is 0 Å². The topological polar surface area (TPSA) is 56.3 Å². The number of ether oxygens (including phenoxy) is 1. The molecule has 3 aromatic rings. The minimum Gasteiger partial charge on any atom is -0.494 e.